The predicted octanol–water partition coefficient (Wildman–Crippen LogP) is 2.19. The molecule has 0 aromatic carbocycles. The van der Waals surface area contributed by atoms with Gasteiger partial charge in [0.15, 0.2) is 0 Å². The van der Waals surface area contributed by atoms with E-state index in [0.29, 0.717) is 5.88 Å². The van der Waals surface area contributed by atoms with Crippen molar-refractivity contribution < 1.29 is 0 Å². The third-order valence-corrected chi connectivity index (χ3v) is 0.761. The lowest BCUT2D eigenvalue weighted by atomic mass is 10.4. The highest BCUT2D eigenvalue weighted by atomic mass is 35.5. The van der Waals surface area contributed by atoms with Crippen LogP contribution in [0.25, 0.3) is 0 Å². The average molecular weight is 129 g/mol. The van der Waals surface area contributed by atoms with E-state index in [9.17, 15) is 0 Å². The molecule has 8 heavy (non-hydrogen) atoms. The second-order valence-electron chi connectivity index (χ2n) is 1.26. The molecule has 0 aromatic rings. The zero-order valence-corrected chi connectivity index (χ0v) is 5.70. The van der Waals surface area contributed by atoms with Gasteiger partial charge < -0.3 is 0 Å². The molecule has 0 heterocycles. The van der Waals surface area contributed by atoms with Gasteiger partial charge in [-0.15, -0.1) is 11.6 Å². The summed E-state index contributed by atoms with van der Waals surface area (Å²) in [6.07, 6.45) is 4.50. The normalized spacial score (nSPS) is 8.75. The Morgan fingerprint density at radius 3 is 2.88 bits per heavy atom. The Labute approximate surface area is 55.5 Å². The summed E-state index contributed by atoms with van der Waals surface area (Å²) in [5.41, 5.74) is 0. The zero-order chi connectivity index (χ0) is 6.24. The molecule has 0 aliphatic heterocycles. The summed E-state index contributed by atoms with van der Waals surface area (Å²) < 4.78 is 0. The quantitative estimate of drug-likeness (QED) is 0.375. The second-order valence-corrected chi connectivity index (χ2v) is 1.64. The van der Waals surface area contributed by atoms with Gasteiger partial charge in [-0.05, 0) is 13.0 Å². The van der Waals surface area contributed by atoms with Crippen molar-refractivity contribution in [2.45, 2.75) is 13.3 Å². The minimum absolute atomic E-state index is 0.630. The molecular formula is C7H9Cl. The van der Waals surface area contributed by atoms with Crippen molar-refractivity contribution in [3.05, 3.63) is 12.2 Å². The first-order valence-corrected chi connectivity index (χ1v) is 3.10. The monoisotopic (exact) mass is 128 g/mol. The van der Waals surface area contributed by atoms with Crippen LogP contribution in [0.1, 0.15) is 13.3 Å². The minimum Gasteiger partial charge on any atom is -0.126 e. The molecule has 0 radical (unpaired) electrons. The number of hydrogen-bond donors (Lipinski definition) is 0. The second kappa shape index (κ2) is 6.59. The zero-order valence-electron chi connectivity index (χ0n) is 4.95. The molecule has 0 bridgehead atoms. The van der Waals surface area contributed by atoms with Gasteiger partial charge in [0.2, 0.25) is 0 Å². The maximum Gasteiger partial charge on any atom is 0.0333 e. The van der Waals surface area contributed by atoms with Crippen LogP contribution >= 0.6 is 11.6 Å². The van der Waals surface area contributed by atoms with Gasteiger partial charge in [0, 0.05) is 12.3 Å². The summed E-state index contributed by atoms with van der Waals surface area (Å²) in [6.45, 7) is 1.94. The molecule has 0 spiro atoms. The van der Waals surface area contributed by atoms with Gasteiger partial charge in [0.05, 0.1) is 0 Å². The molecule has 0 saturated heterocycles. The van der Waals surface area contributed by atoms with Gasteiger partial charge in [0.1, 0.15) is 0 Å². The highest BCUT2D eigenvalue weighted by Crippen LogP contribution is 1.79. The first-order valence-electron chi connectivity index (χ1n) is 2.57. The molecule has 0 fully saturated rings. The van der Waals surface area contributed by atoms with E-state index in [4.69, 9.17) is 11.6 Å². The van der Waals surface area contributed by atoms with Crippen molar-refractivity contribution in [1.82, 2.24) is 0 Å². The Morgan fingerprint density at radius 1 is 1.62 bits per heavy atom. The molecule has 0 nitrogen and oxygen atoms in total. The summed E-state index contributed by atoms with van der Waals surface area (Å²) in [5.74, 6) is 6.32. The smallest absolute Gasteiger partial charge is 0.0333 e. The minimum atomic E-state index is 0.630. The van der Waals surface area contributed by atoms with Crippen LogP contribution < -0.4 is 0 Å². The van der Waals surface area contributed by atoms with E-state index < -0.39 is 0 Å². The van der Waals surface area contributed by atoms with Crippen LogP contribution in [0.15, 0.2) is 12.2 Å². The van der Waals surface area contributed by atoms with Crippen LogP contribution in [0.4, 0.5) is 0 Å². The largest absolute Gasteiger partial charge is 0.126 e. The summed E-state index contributed by atoms with van der Waals surface area (Å²) in [4.78, 5) is 0. The molecule has 1 heteroatoms. The van der Waals surface area contributed by atoms with Gasteiger partial charge in [-0.1, -0.05) is 17.9 Å². The van der Waals surface area contributed by atoms with Crippen molar-refractivity contribution in [2.24, 2.45) is 0 Å². The van der Waals surface area contributed by atoms with Gasteiger partial charge in [0.25, 0.3) is 0 Å². The Hall–Kier alpha value is -0.410. The summed E-state index contributed by atoms with van der Waals surface area (Å²) in [5, 5.41) is 0. The lowest BCUT2D eigenvalue weighted by Crippen LogP contribution is -1.64. The summed E-state index contributed by atoms with van der Waals surface area (Å²) in [7, 11) is 0. The Morgan fingerprint density at radius 2 is 2.38 bits per heavy atom. The van der Waals surface area contributed by atoms with Crippen molar-refractivity contribution in [1.29, 1.82) is 0 Å². The Kier molecular flexibility index (Phi) is 6.25. The van der Waals surface area contributed by atoms with E-state index in [0.717, 1.165) is 6.42 Å². The van der Waals surface area contributed by atoms with Crippen molar-refractivity contribution in [3.8, 4) is 11.8 Å². The third kappa shape index (κ3) is 5.59. The maximum atomic E-state index is 5.35. The van der Waals surface area contributed by atoms with E-state index in [2.05, 4.69) is 11.8 Å². The van der Waals surface area contributed by atoms with Crippen molar-refractivity contribution in [3.63, 3.8) is 0 Å². The lowest BCUT2D eigenvalue weighted by Gasteiger charge is -1.71. The van der Waals surface area contributed by atoms with E-state index in [1.165, 1.54) is 0 Å². The number of rotatable bonds is 1. The molecule has 0 atom stereocenters. The highest BCUT2D eigenvalue weighted by Gasteiger charge is 1.67. The number of halogens is 1. The standard InChI is InChI=1S/C7H9Cl/c1-2-3-4-5-6-7-8/h2-3H,6-7H2,1H3. The number of alkyl halides is 1. The van der Waals surface area contributed by atoms with Crippen LogP contribution in [0.5, 0.6) is 0 Å². The van der Waals surface area contributed by atoms with Crippen LogP contribution in [-0.4, -0.2) is 5.88 Å². The average Bonchev–Trinajstić information content (AvgIpc) is 1.81. The molecule has 0 saturated carbocycles. The van der Waals surface area contributed by atoms with E-state index in [1.807, 2.05) is 19.1 Å². The molecule has 0 unspecified atom stereocenters. The topological polar surface area (TPSA) is 0 Å². The van der Waals surface area contributed by atoms with Gasteiger partial charge in [-0.25, -0.2) is 0 Å². The summed E-state index contributed by atoms with van der Waals surface area (Å²) in [6, 6.07) is 0. The molecule has 0 rings (SSSR count). The van der Waals surface area contributed by atoms with E-state index in [-0.39, 0.29) is 0 Å². The lowest BCUT2D eigenvalue weighted by molar-refractivity contribution is 1.29. The summed E-state index contributed by atoms with van der Waals surface area (Å²) >= 11 is 5.35. The van der Waals surface area contributed by atoms with Gasteiger partial charge in [-0.2, -0.15) is 0 Å². The fraction of sp³-hybridized carbons (Fsp3) is 0.429. The van der Waals surface area contributed by atoms with Crippen molar-refractivity contribution in [2.75, 3.05) is 5.88 Å². The molecule has 0 aromatic heterocycles. The van der Waals surface area contributed by atoms with Gasteiger partial charge in [-0.3, -0.25) is 0 Å². The van der Waals surface area contributed by atoms with Crippen LogP contribution in [0.3, 0.4) is 0 Å². The van der Waals surface area contributed by atoms with Crippen LogP contribution in [-0.2, 0) is 0 Å². The molecule has 0 aliphatic carbocycles. The van der Waals surface area contributed by atoms with E-state index >= 15 is 0 Å². The highest BCUT2D eigenvalue weighted by molar-refractivity contribution is 6.18. The molecular weight excluding hydrogens is 120 g/mol. The van der Waals surface area contributed by atoms with Crippen LogP contribution in [0, 0.1) is 11.8 Å². The van der Waals surface area contributed by atoms with Crippen LogP contribution in [0.2, 0.25) is 0 Å². The number of allylic oxidation sites excluding steroid dienone is 2. The fourth-order valence-corrected chi connectivity index (χ4v) is 0.356. The maximum absolute atomic E-state index is 5.35. The van der Waals surface area contributed by atoms with E-state index in [1.54, 1.807) is 0 Å². The van der Waals surface area contributed by atoms with Gasteiger partial charge >= 0.3 is 0 Å². The molecule has 0 amide bonds. The first kappa shape index (κ1) is 7.59. The molecule has 0 aliphatic rings. The molecule has 0 N–H and O–H groups in total. The predicted molar refractivity (Wildman–Crippen MR) is 37.9 cm³/mol. The third-order valence-electron chi connectivity index (χ3n) is 0.572. The SMILES string of the molecule is CC=CC#CCCCl. The molecule has 44 valence electrons. The fourth-order valence-electron chi connectivity index (χ4n) is 0.262. The first-order chi connectivity index (χ1) is 3.91. The Balaban J connectivity index is 3.21. The number of hydrogen-bond acceptors (Lipinski definition) is 0. The Bertz CT molecular complexity index is 114. The van der Waals surface area contributed by atoms with Crippen molar-refractivity contribution >= 4 is 11.6 Å².